The molecular weight excluding hydrogens is 238 g/mol. The van der Waals surface area contributed by atoms with Crippen LogP contribution < -0.4 is 5.32 Å². The quantitative estimate of drug-likeness (QED) is 0.734. The molecule has 1 saturated carbocycles. The van der Waals surface area contributed by atoms with Crippen LogP contribution in [0, 0.1) is 5.92 Å². The van der Waals surface area contributed by atoms with E-state index in [1.807, 2.05) is 0 Å². The maximum atomic E-state index is 6.25. The zero-order chi connectivity index (χ0) is 14.3. The third-order valence-electron chi connectivity index (χ3n) is 4.10. The largest absolute Gasteiger partial charge is 0.377 e. The lowest BCUT2D eigenvalue weighted by Gasteiger charge is -2.45. The number of ether oxygens (including phenoxy) is 2. The van der Waals surface area contributed by atoms with E-state index in [0.29, 0.717) is 6.04 Å². The molecule has 3 heteroatoms. The Morgan fingerprint density at radius 2 is 2.05 bits per heavy atom. The van der Waals surface area contributed by atoms with Crippen molar-refractivity contribution in [1.82, 2.24) is 5.32 Å². The first-order valence-electron chi connectivity index (χ1n) is 8.03. The van der Waals surface area contributed by atoms with Crippen LogP contribution in [-0.2, 0) is 9.47 Å². The van der Waals surface area contributed by atoms with Gasteiger partial charge in [-0.05, 0) is 46.1 Å². The molecule has 1 N–H and O–H groups in total. The molecule has 19 heavy (non-hydrogen) atoms. The summed E-state index contributed by atoms with van der Waals surface area (Å²) >= 11 is 0. The van der Waals surface area contributed by atoms with E-state index in [0.717, 1.165) is 38.5 Å². The predicted molar refractivity (Wildman–Crippen MR) is 80.5 cm³/mol. The summed E-state index contributed by atoms with van der Waals surface area (Å²) in [7, 11) is 0. The number of hydrogen-bond donors (Lipinski definition) is 1. The Morgan fingerprint density at radius 1 is 1.32 bits per heavy atom. The second-order valence-electron chi connectivity index (χ2n) is 6.19. The first-order valence-corrected chi connectivity index (χ1v) is 8.03. The van der Waals surface area contributed by atoms with Gasteiger partial charge in [-0.1, -0.05) is 26.7 Å². The molecule has 3 unspecified atom stereocenters. The second-order valence-corrected chi connectivity index (χ2v) is 6.19. The highest BCUT2D eigenvalue weighted by Crippen LogP contribution is 2.38. The molecular formula is C16H33NO2. The molecule has 0 aliphatic heterocycles. The average Bonchev–Trinajstić information content (AvgIpc) is 2.34. The van der Waals surface area contributed by atoms with Gasteiger partial charge in [0, 0.05) is 6.61 Å². The molecule has 0 bridgehead atoms. The Kier molecular flexibility index (Phi) is 7.33. The molecule has 0 aromatic rings. The third kappa shape index (κ3) is 5.05. The first-order chi connectivity index (χ1) is 9.04. The molecule has 1 aliphatic rings. The van der Waals surface area contributed by atoms with Gasteiger partial charge >= 0.3 is 0 Å². The van der Waals surface area contributed by atoms with Crippen LogP contribution in [0.3, 0.4) is 0 Å². The molecule has 0 heterocycles. The Hall–Kier alpha value is -0.120. The molecule has 0 spiro atoms. The lowest BCUT2D eigenvalue weighted by atomic mass is 9.74. The number of nitrogens with one attached hydrogen (secondary N) is 1. The summed E-state index contributed by atoms with van der Waals surface area (Å²) < 4.78 is 12.1. The Labute approximate surface area is 119 Å². The third-order valence-corrected chi connectivity index (χ3v) is 4.10. The van der Waals surface area contributed by atoms with Gasteiger partial charge in [-0.2, -0.15) is 0 Å². The minimum atomic E-state index is -0.0304. The Bertz CT molecular complexity index is 241. The highest BCUT2D eigenvalue weighted by molar-refractivity contribution is 4.97. The fourth-order valence-corrected chi connectivity index (χ4v) is 3.31. The van der Waals surface area contributed by atoms with Gasteiger partial charge in [0.2, 0.25) is 0 Å². The van der Waals surface area contributed by atoms with E-state index in [4.69, 9.17) is 9.47 Å². The fraction of sp³-hybridized carbons (Fsp3) is 1.00. The molecule has 114 valence electrons. The van der Waals surface area contributed by atoms with E-state index in [-0.39, 0.29) is 11.7 Å². The van der Waals surface area contributed by atoms with E-state index >= 15 is 0 Å². The molecule has 0 radical (unpaired) electrons. The summed E-state index contributed by atoms with van der Waals surface area (Å²) in [5.74, 6) is 0.750. The van der Waals surface area contributed by atoms with Crippen LogP contribution in [0.2, 0.25) is 0 Å². The summed E-state index contributed by atoms with van der Waals surface area (Å²) in [5, 5.41) is 3.60. The van der Waals surface area contributed by atoms with Crippen LogP contribution in [0.5, 0.6) is 0 Å². The standard InChI is InChI=1S/C16H33NO2/c1-6-17-15(12-18-13(3)4)16(19-7-2)10-8-9-14(5)11-16/h13-15,17H,6-12H2,1-5H3. The van der Waals surface area contributed by atoms with Gasteiger partial charge in [-0.25, -0.2) is 0 Å². The van der Waals surface area contributed by atoms with Gasteiger partial charge in [-0.15, -0.1) is 0 Å². The van der Waals surface area contributed by atoms with Gasteiger partial charge in [0.05, 0.1) is 24.4 Å². The van der Waals surface area contributed by atoms with Gasteiger partial charge in [0.25, 0.3) is 0 Å². The van der Waals surface area contributed by atoms with Crippen LogP contribution in [0.4, 0.5) is 0 Å². The molecule has 0 saturated heterocycles. The summed E-state index contributed by atoms with van der Waals surface area (Å²) in [5.41, 5.74) is -0.0304. The van der Waals surface area contributed by atoms with E-state index in [1.54, 1.807) is 0 Å². The molecule has 0 aromatic carbocycles. The molecule has 0 amide bonds. The highest BCUT2D eigenvalue weighted by atomic mass is 16.5. The van der Waals surface area contributed by atoms with Crippen molar-refractivity contribution in [2.24, 2.45) is 5.92 Å². The lowest BCUT2D eigenvalue weighted by Crippen LogP contribution is -2.57. The zero-order valence-corrected chi connectivity index (χ0v) is 13.5. The fourth-order valence-electron chi connectivity index (χ4n) is 3.31. The molecule has 3 nitrogen and oxygen atoms in total. The van der Waals surface area contributed by atoms with Crippen molar-refractivity contribution >= 4 is 0 Å². The van der Waals surface area contributed by atoms with Gasteiger partial charge in [0.15, 0.2) is 0 Å². The van der Waals surface area contributed by atoms with Crippen molar-refractivity contribution < 1.29 is 9.47 Å². The number of hydrogen-bond acceptors (Lipinski definition) is 3. The van der Waals surface area contributed by atoms with Crippen LogP contribution in [-0.4, -0.2) is 37.5 Å². The topological polar surface area (TPSA) is 30.5 Å². The Morgan fingerprint density at radius 3 is 2.58 bits per heavy atom. The van der Waals surface area contributed by atoms with Crippen molar-refractivity contribution in [3.63, 3.8) is 0 Å². The van der Waals surface area contributed by atoms with E-state index in [1.165, 1.54) is 12.8 Å². The molecule has 1 aliphatic carbocycles. The Balaban J connectivity index is 2.77. The van der Waals surface area contributed by atoms with Crippen LogP contribution in [0.1, 0.15) is 60.3 Å². The normalized spacial score (nSPS) is 29.7. The van der Waals surface area contributed by atoms with Crippen molar-refractivity contribution in [3.8, 4) is 0 Å². The van der Waals surface area contributed by atoms with E-state index in [9.17, 15) is 0 Å². The van der Waals surface area contributed by atoms with Gasteiger partial charge in [0.1, 0.15) is 0 Å². The van der Waals surface area contributed by atoms with Gasteiger partial charge < -0.3 is 14.8 Å². The summed E-state index contributed by atoms with van der Waals surface area (Å²) in [6.07, 6.45) is 5.19. The SMILES string of the molecule is CCNC(COC(C)C)C1(OCC)CCCC(C)C1. The van der Waals surface area contributed by atoms with Crippen molar-refractivity contribution in [2.45, 2.75) is 78.0 Å². The zero-order valence-electron chi connectivity index (χ0n) is 13.5. The van der Waals surface area contributed by atoms with E-state index in [2.05, 4.69) is 39.9 Å². The summed E-state index contributed by atoms with van der Waals surface area (Å²) in [6.45, 7) is 13.3. The maximum Gasteiger partial charge on any atom is 0.0859 e. The van der Waals surface area contributed by atoms with Crippen LogP contribution >= 0.6 is 0 Å². The first kappa shape index (κ1) is 16.9. The second kappa shape index (κ2) is 8.23. The summed E-state index contributed by atoms with van der Waals surface area (Å²) in [4.78, 5) is 0. The van der Waals surface area contributed by atoms with Crippen molar-refractivity contribution in [3.05, 3.63) is 0 Å². The van der Waals surface area contributed by atoms with Crippen LogP contribution in [0.25, 0.3) is 0 Å². The molecule has 1 fully saturated rings. The van der Waals surface area contributed by atoms with E-state index < -0.39 is 0 Å². The van der Waals surface area contributed by atoms with Gasteiger partial charge in [-0.3, -0.25) is 0 Å². The van der Waals surface area contributed by atoms with Crippen molar-refractivity contribution in [1.29, 1.82) is 0 Å². The number of likely N-dealkylation sites (N-methyl/N-ethyl adjacent to an activating group) is 1. The van der Waals surface area contributed by atoms with Crippen LogP contribution in [0.15, 0.2) is 0 Å². The maximum absolute atomic E-state index is 6.25. The minimum absolute atomic E-state index is 0.0304. The van der Waals surface area contributed by atoms with Crippen molar-refractivity contribution in [2.75, 3.05) is 19.8 Å². The molecule has 1 rings (SSSR count). The monoisotopic (exact) mass is 271 g/mol. The molecule has 3 atom stereocenters. The average molecular weight is 271 g/mol. The smallest absolute Gasteiger partial charge is 0.0859 e. The lowest BCUT2D eigenvalue weighted by molar-refractivity contribution is -0.118. The predicted octanol–water partition coefficient (Wildman–Crippen LogP) is 3.37. The highest BCUT2D eigenvalue weighted by Gasteiger charge is 2.42. The number of rotatable bonds is 8. The minimum Gasteiger partial charge on any atom is -0.377 e. The summed E-state index contributed by atoms with van der Waals surface area (Å²) in [6, 6.07) is 0.308. The molecule has 0 aromatic heterocycles.